The Bertz CT molecular complexity index is 599. The molecule has 0 aliphatic carbocycles. The second-order valence-electron chi connectivity index (χ2n) is 6.55. The van der Waals surface area contributed by atoms with E-state index in [0.29, 0.717) is 36.9 Å². The van der Waals surface area contributed by atoms with Gasteiger partial charge in [-0.2, -0.15) is 0 Å². The van der Waals surface area contributed by atoms with E-state index in [1.54, 1.807) is 25.2 Å². The molecule has 6 nitrogen and oxygen atoms in total. The van der Waals surface area contributed by atoms with Gasteiger partial charge in [0.05, 0.1) is 20.8 Å². The first-order valence-electron chi connectivity index (χ1n) is 8.54. The molecule has 0 bridgehead atoms. The minimum atomic E-state index is -0.754. The number of carbonyl (C=O) groups is 1. The molecule has 2 N–H and O–H groups in total. The summed E-state index contributed by atoms with van der Waals surface area (Å²) in [7, 11) is 3.18. The standard InChI is InChI=1S/C18H26N2O4/c1-23-15-4-5-16(24-2)18-13(15)10-20(11-14(18)21)17(22)6-3-12-7-8-19-9-12/h4-5,12,14,19,21H,3,6-11H2,1-2H3. The molecule has 0 saturated carbocycles. The van der Waals surface area contributed by atoms with Gasteiger partial charge in [-0.05, 0) is 44.0 Å². The van der Waals surface area contributed by atoms with Gasteiger partial charge in [-0.1, -0.05) is 0 Å². The van der Waals surface area contributed by atoms with Crippen molar-refractivity contribution in [3.8, 4) is 11.5 Å². The summed E-state index contributed by atoms with van der Waals surface area (Å²) >= 11 is 0. The average molecular weight is 334 g/mol. The molecule has 2 unspecified atom stereocenters. The van der Waals surface area contributed by atoms with Crippen LogP contribution in [0.5, 0.6) is 11.5 Å². The van der Waals surface area contributed by atoms with Crippen molar-refractivity contribution in [1.82, 2.24) is 10.2 Å². The molecule has 1 saturated heterocycles. The van der Waals surface area contributed by atoms with Crippen molar-refractivity contribution >= 4 is 5.91 Å². The summed E-state index contributed by atoms with van der Waals surface area (Å²) in [6, 6.07) is 3.62. The van der Waals surface area contributed by atoms with Crippen LogP contribution in [-0.2, 0) is 11.3 Å². The molecule has 132 valence electrons. The number of rotatable bonds is 5. The number of benzene rings is 1. The topological polar surface area (TPSA) is 71.0 Å². The lowest BCUT2D eigenvalue weighted by molar-refractivity contribution is -0.134. The largest absolute Gasteiger partial charge is 0.496 e. The van der Waals surface area contributed by atoms with Crippen molar-refractivity contribution < 1.29 is 19.4 Å². The summed E-state index contributed by atoms with van der Waals surface area (Å²) in [5.74, 6) is 2.01. The third kappa shape index (κ3) is 3.35. The lowest BCUT2D eigenvalue weighted by atomic mass is 9.94. The van der Waals surface area contributed by atoms with Gasteiger partial charge in [0.15, 0.2) is 0 Å². The molecule has 0 aromatic heterocycles. The second-order valence-corrected chi connectivity index (χ2v) is 6.55. The van der Waals surface area contributed by atoms with Gasteiger partial charge in [0.25, 0.3) is 0 Å². The quantitative estimate of drug-likeness (QED) is 0.853. The highest BCUT2D eigenvalue weighted by molar-refractivity contribution is 5.77. The highest BCUT2D eigenvalue weighted by Crippen LogP contribution is 2.39. The average Bonchev–Trinajstić information content (AvgIpc) is 3.12. The fourth-order valence-electron chi connectivity index (χ4n) is 3.71. The first kappa shape index (κ1) is 17.0. The monoisotopic (exact) mass is 334 g/mol. The van der Waals surface area contributed by atoms with Crippen molar-refractivity contribution in [2.24, 2.45) is 5.92 Å². The minimum absolute atomic E-state index is 0.0940. The van der Waals surface area contributed by atoms with Crippen LogP contribution in [0.1, 0.15) is 36.5 Å². The van der Waals surface area contributed by atoms with E-state index in [1.165, 1.54) is 0 Å². The van der Waals surface area contributed by atoms with E-state index >= 15 is 0 Å². The van der Waals surface area contributed by atoms with Crippen LogP contribution in [0.4, 0.5) is 0 Å². The molecule has 6 heteroatoms. The Kier molecular flexibility index (Phi) is 5.26. The van der Waals surface area contributed by atoms with Gasteiger partial charge in [0.1, 0.15) is 17.6 Å². The molecule has 1 amide bonds. The van der Waals surface area contributed by atoms with E-state index in [-0.39, 0.29) is 5.91 Å². The number of aliphatic hydroxyl groups excluding tert-OH is 1. The van der Waals surface area contributed by atoms with Crippen LogP contribution in [0.15, 0.2) is 12.1 Å². The summed E-state index contributed by atoms with van der Waals surface area (Å²) < 4.78 is 10.8. The zero-order chi connectivity index (χ0) is 17.1. The number of aliphatic hydroxyl groups is 1. The molecule has 2 aliphatic rings. The molecule has 0 spiro atoms. The first-order chi connectivity index (χ1) is 11.6. The predicted octanol–water partition coefficient (Wildman–Crippen LogP) is 1.47. The predicted molar refractivity (Wildman–Crippen MR) is 90.1 cm³/mol. The third-order valence-corrected chi connectivity index (χ3v) is 5.07. The minimum Gasteiger partial charge on any atom is -0.496 e. The van der Waals surface area contributed by atoms with E-state index in [9.17, 15) is 9.90 Å². The number of ether oxygens (including phenoxy) is 2. The van der Waals surface area contributed by atoms with E-state index in [1.807, 2.05) is 6.07 Å². The van der Waals surface area contributed by atoms with Crippen LogP contribution in [0, 0.1) is 5.92 Å². The number of hydrogen-bond acceptors (Lipinski definition) is 5. The number of hydrogen-bond donors (Lipinski definition) is 2. The Morgan fingerprint density at radius 2 is 2.08 bits per heavy atom. The van der Waals surface area contributed by atoms with E-state index < -0.39 is 6.10 Å². The first-order valence-corrected chi connectivity index (χ1v) is 8.54. The Morgan fingerprint density at radius 3 is 2.75 bits per heavy atom. The molecule has 3 rings (SSSR count). The van der Waals surface area contributed by atoms with Gasteiger partial charge in [0.2, 0.25) is 5.91 Å². The van der Waals surface area contributed by atoms with Crippen LogP contribution in [0.2, 0.25) is 0 Å². The zero-order valence-corrected chi connectivity index (χ0v) is 14.4. The smallest absolute Gasteiger partial charge is 0.222 e. The summed E-state index contributed by atoms with van der Waals surface area (Å²) in [5, 5.41) is 13.9. The summed E-state index contributed by atoms with van der Waals surface area (Å²) in [5.41, 5.74) is 1.58. The molecular formula is C18H26N2O4. The summed E-state index contributed by atoms with van der Waals surface area (Å²) in [4.78, 5) is 14.3. The maximum absolute atomic E-state index is 12.6. The zero-order valence-electron chi connectivity index (χ0n) is 14.4. The molecule has 1 aromatic rings. The van der Waals surface area contributed by atoms with Gasteiger partial charge in [-0.3, -0.25) is 4.79 Å². The van der Waals surface area contributed by atoms with E-state index in [0.717, 1.165) is 37.1 Å². The number of methoxy groups -OCH3 is 2. The van der Waals surface area contributed by atoms with Gasteiger partial charge in [-0.15, -0.1) is 0 Å². The molecule has 2 atom stereocenters. The van der Waals surface area contributed by atoms with E-state index in [4.69, 9.17) is 9.47 Å². The maximum Gasteiger partial charge on any atom is 0.222 e. The Labute approximate surface area is 142 Å². The van der Waals surface area contributed by atoms with Crippen molar-refractivity contribution in [2.45, 2.75) is 31.9 Å². The van der Waals surface area contributed by atoms with Gasteiger partial charge in [0, 0.05) is 24.1 Å². The fraction of sp³-hybridized carbons (Fsp3) is 0.611. The van der Waals surface area contributed by atoms with Crippen LogP contribution in [-0.4, -0.2) is 49.8 Å². The number of carbonyl (C=O) groups excluding carboxylic acids is 1. The lowest BCUT2D eigenvalue weighted by Gasteiger charge is -2.34. The number of nitrogens with zero attached hydrogens (tertiary/aromatic N) is 1. The second kappa shape index (κ2) is 7.40. The Balaban J connectivity index is 1.74. The van der Waals surface area contributed by atoms with Crippen LogP contribution in [0.3, 0.4) is 0 Å². The van der Waals surface area contributed by atoms with Crippen molar-refractivity contribution in [3.63, 3.8) is 0 Å². The molecule has 2 heterocycles. The van der Waals surface area contributed by atoms with Gasteiger partial charge >= 0.3 is 0 Å². The number of β-amino-alcohol motifs (C(OH)–C–C–N with tert-alkyl or cyclic N) is 1. The molecule has 24 heavy (non-hydrogen) atoms. The number of amides is 1. The third-order valence-electron chi connectivity index (χ3n) is 5.07. The van der Waals surface area contributed by atoms with Crippen molar-refractivity contribution in [3.05, 3.63) is 23.3 Å². The summed E-state index contributed by atoms with van der Waals surface area (Å²) in [6.45, 7) is 2.81. The number of fused-ring (bicyclic) bond motifs is 1. The Morgan fingerprint density at radius 1 is 1.33 bits per heavy atom. The molecule has 1 aromatic carbocycles. The van der Waals surface area contributed by atoms with Crippen LogP contribution >= 0.6 is 0 Å². The SMILES string of the molecule is COc1ccc(OC)c2c1CN(C(=O)CCC1CCNC1)CC2O. The molecule has 1 fully saturated rings. The Hall–Kier alpha value is -1.79. The maximum atomic E-state index is 12.6. The normalized spacial score (nSPS) is 23.0. The van der Waals surface area contributed by atoms with Gasteiger partial charge in [-0.25, -0.2) is 0 Å². The van der Waals surface area contributed by atoms with Gasteiger partial charge < -0.3 is 24.8 Å². The molecule has 2 aliphatic heterocycles. The fourth-order valence-corrected chi connectivity index (χ4v) is 3.71. The van der Waals surface area contributed by atoms with E-state index in [2.05, 4.69) is 5.32 Å². The molecule has 0 radical (unpaired) electrons. The highest BCUT2D eigenvalue weighted by Gasteiger charge is 2.32. The van der Waals surface area contributed by atoms with Crippen LogP contribution in [0.25, 0.3) is 0 Å². The highest BCUT2D eigenvalue weighted by atomic mass is 16.5. The van der Waals surface area contributed by atoms with Crippen molar-refractivity contribution in [1.29, 1.82) is 0 Å². The van der Waals surface area contributed by atoms with Crippen molar-refractivity contribution in [2.75, 3.05) is 33.9 Å². The lowest BCUT2D eigenvalue weighted by Crippen LogP contribution is -2.38. The molecular weight excluding hydrogens is 308 g/mol. The van der Waals surface area contributed by atoms with Crippen LogP contribution < -0.4 is 14.8 Å². The summed E-state index contributed by atoms with van der Waals surface area (Å²) in [6.07, 6.45) is 1.82. The number of nitrogens with one attached hydrogen (secondary N) is 1.